The molecule has 114 valence electrons. The van der Waals surface area contributed by atoms with Gasteiger partial charge in [0.05, 0.1) is 4.88 Å². The lowest BCUT2D eigenvalue weighted by Crippen LogP contribution is -2.11. The van der Waals surface area contributed by atoms with E-state index in [1.807, 2.05) is 11.4 Å². The fourth-order valence-electron chi connectivity index (χ4n) is 1.85. The van der Waals surface area contributed by atoms with Crippen LogP contribution in [-0.2, 0) is 0 Å². The molecular formula is C17H12N2O3S. The van der Waals surface area contributed by atoms with Gasteiger partial charge in [-0.1, -0.05) is 12.1 Å². The zero-order valence-electron chi connectivity index (χ0n) is 11.9. The van der Waals surface area contributed by atoms with E-state index in [4.69, 9.17) is 4.74 Å². The number of ether oxygens (including phenoxy) is 1. The van der Waals surface area contributed by atoms with Crippen molar-refractivity contribution in [2.24, 2.45) is 0 Å². The first-order valence-electron chi connectivity index (χ1n) is 6.80. The highest BCUT2D eigenvalue weighted by atomic mass is 32.1. The van der Waals surface area contributed by atoms with Gasteiger partial charge in [-0.25, -0.2) is 9.78 Å². The minimum atomic E-state index is -0.527. The van der Waals surface area contributed by atoms with Gasteiger partial charge in [-0.3, -0.25) is 4.79 Å². The van der Waals surface area contributed by atoms with E-state index >= 15 is 0 Å². The van der Waals surface area contributed by atoms with Crippen LogP contribution in [0.1, 0.15) is 20.2 Å². The summed E-state index contributed by atoms with van der Waals surface area (Å²) in [6.07, 6.45) is 1.53. The molecule has 1 aromatic carbocycles. The molecule has 0 aliphatic heterocycles. The Kier molecular flexibility index (Phi) is 4.44. The Labute approximate surface area is 136 Å². The Morgan fingerprint density at radius 2 is 1.83 bits per heavy atom. The maximum Gasteiger partial charge on any atom is 0.362 e. The highest BCUT2D eigenvalue weighted by molar-refractivity contribution is 7.12. The molecule has 0 aliphatic carbocycles. The van der Waals surface area contributed by atoms with Gasteiger partial charge in [0.15, 0.2) is 0 Å². The molecule has 0 fully saturated rings. The van der Waals surface area contributed by atoms with Crippen molar-refractivity contribution in [1.29, 1.82) is 0 Å². The molecular weight excluding hydrogens is 312 g/mol. The van der Waals surface area contributed by atoms with Crippen molar-refractivity contribution in [2.75, 3.05) is 5.32 Å². The number of benzene rings is 1. The number of hydrogen-bond donors (Lipinski definition) is 1. The molecule has 0 aliphatic rings. The largest absolute Gasteiger partial charge is 0.422 e. The lowest BCUT2D eigenvalue weighted by molar-refractivity contribution is 0.0728. The molecule has 3 rings (SSSR count). The number of nitrogens with one attached hydrogen (secondary N) is 1. The third-order valence-corrected chi connectivity index (χ3v) is 3.81. The van der Waals surface area contributed by atoms with Crippen LogP contribution in [0, 0.1) is 0 Å². The molecule has 1 N–H and O–H groups in total. The summed E-state index contributed by atoms with van der Waals surface area (Å²) in [7, 11) is 0. The van der Waals surface area contributed by atoms with Crippen molar-refractivity contribution in [3.8, 4) is 5.75 Å². The van der Waals surface area contributed by atoms with Crippen LogP contribution >= 0.6 is 11.3 Å². The fourth-order valence-corrected chi connectivity index (χ4v) is 2.47. The molecule has 6 heteroatoms. The molecule has 5 nitrogen and oxygen atoms in total. The molecule has 0 atom stereocenters. The molecule has 3 aromatic rings. The van der Waals surface area contributed by atoms with E-state index in [-0.39, 0.29) is 11.6 Å². The van der Waals surface area contributed by atoms with Crippen molar-refractivity contribution in [3.63, 3.8) is 0 Å². The molecule has 0 spiro atoms. The monoisotopic (exact) mass is 324 g/mol. The third kappa shape index (κ3) is 3.81. The molecule has 0 radical (unpaired) electrons. The lowest BCUT2D eigenvalue weighted by Gasteiger charge is -2.06. The normalized spacial score (nSPS) is 10.1. The number of pyridine rings is 1. The van der Waals surface area contributed by atoms with Gasteiger partial charge in [0.25, 0.3) is 5.91 Å². The summed E-state index contributed by atoms with van der Waals surface area (Å²) in [6, 6.07) is 15.2. The quantitative estimate of drug-likeness (QED) is 0.588. The van der Waals surface area contributed by atoms with Gasteiger partial charge in [0.1, 0.15) is 11.4 Å². The highest BCUT2D eigenvalue weighted by Crippen LogP contribution is 2.18. The number of aromatic nitrogens is 1. The molecule has 0 saturated heterocycles. The van der Waals surface area contributed by atoms with Crippen molar-refractivity contribution < 1.29 is 14.3 Å². The first kappa shape index (κ1) is 14.9. The van der Waals surface area contributed by atoms with Crippen LogP contribution in [0.15, 0.2) is 66.2 Å². The minimum Gasteiger partial charge on any atom is -0.422 e. The standard InChI is InChI=1S/C17H12N2O3S/c20-16(15-5-3-11-23-15)19-12-6-8-13(9-7-12)22-17(21)14-4-1-2-10-18-14/h1-11H,(H,19,20). The van der Waals surface area contributed by atoms with Crippen LogP contribution in [0.4, 0.5) is 5.69 Å². The van der Waals surface area contributed by atoms with Crippen molar-refractivity contribution in [3.05, 3.63) is 76.7 Å². The Bertz CT molecular complexity index is 800. The van der Waals surface area contributed by atoms with Crippen LogP contribution in [0.2, 0.25) is 0 Å². The first-order chi connectivity index (χ1) is 11.2. The van der Waals surface area contributed by atoms with Crippen LogP contribution in [-0.4, -0.2) is 16.9 Å². The zero-order valence-corrected chi connectivity index (χ0v) is 12.7. The summed E-state index contributed by atoms with van der Waals surface area (Å²) in [5.74, 6) is -0.311. The number of nitrogens with zero attached hydrogens (tertiary/aromatic N) is 1. The van der Waals surface area contributed by atoms with Gasteiger partial charge in [0.2, 0.25) is 0 Å². The molecule has 2 heterocycles. The minimum absolute atomic E-state index is 0.168. The Balaban J connectivity index is 1.63. The topological polar surface area (TPSA) is 68.3 Å². The molecule has 0 saturated carbocycles. The summed E-state index contributed by atoms with van der Waals surface area (Å²) in [5, 5.41) is 4.62. The van der Waals surface area contributed by atoms with Crippen molar-refractivity contribution >= 4 is 28.9 Å². The molecule has 0 unspecified atom stereocenters. The number of carbonyl (C=O) groups excluding carboxylic acids is 2. The average Bonchev–Trinajstić information content (AvgIpc) is 3.12. The summed E-state index contributed by atoms with van der Waals surface area (Å²) >= 11 is 1.37. The van der Waals surface area contributed by atoms with E-state index in [0.29, 0.717) is 16.3 Å². The second-order valence-corrected chi connectivity index (χ2v) is 5.51. The molecule has 2 aromatic heterocycles. The van der Waals surface area contributed by atoms with E-state index in [2.05, 4.69) is 10.3 Å². The first-order valence-corrected chi connectivity index (χ1v) is 7.68. The predicted octanol–water partition coefficient (Wildman–Crippen LogP) is 3.61. The third-order valence-electron chi connectivity index (χ3n) is 2.94. The van der Waals surface area contributed by atoms with E-state index in [1.54, 1.807) is 48.5 Å². The lowest BCUT2D eigenvalue weighted by atomic mass is 10.3. The smallest absolute Gasteiger partial charge is 0.362 e. The summed E-state index contributed by atoms with van der Waals surface area (Å²) in [6.45, 7) is 0. The van der Waals surface area contributed by atoms with Crippen molar-refractivity contribution in [2.45, 2.75) is 0 Å². The Morgan fingerprint density at radius 1 is 1.00 bits per heavy atom. The summed E-state index contributed by atoms with van der Waals surface area (Å²) < 4.78 is 5.22. The second kappa shape index (κ2) is 6.85. The van der Waals surface area contributed by atoms with Gasteiger partial charge in [0, 0.05) is 11.9 Å². The van der Waals surface area contributed by atoms with Crippen molar-refractivity contribution in [1.82, 2.24) is 4.98 Å². The van der Waals surface area contributed by atoms with Gasteiger partial charge in [-0.15, -0.1) is 11.3 Å². The number of hydrogen-bond acceptors (Lipinski definition) is 5. The number of amides is 1. The van der Waals surface area contributed by atoms with Gasteiger partial charge in [-0.05, 0) is 47.8 Å². The number of rotatable bonds is 4. The number of esters is 1. The summed E-state index contributed by atoms with van der Waals surface area (Å²) in [5.41, 5.74) is 0.864. The molecule has 23 heavy (non-hydrogen) atoms. The average molecular weight is 324 g/mol. The van der Waals surface area contributed by atoms with E-state index in [1.165, 1.54) is 17.5 Å². The van der Waals surface area contributed by atoms with Gasteiger partial charge < -0.3 is 10.1 Å². The van der Waals surface area contributed by atoms with Crippen LogP contribution in [0.3, 0.4) is 0 Å². The number of anilines is 1. The molecule has 0 bridgehead atoms. The maximum absolute atomic E-state index is 11.9. The van der Waals surface area contributed by atoms with Crippen LogP contribution < -0.4 is 10.1 Å². The SMILES string of the molecule is O=C(Oc1ccc(NC(=O)c2cccs2)cc1)c1ccccn1. The second-order valence-electron chi connectivity index (χ2n) is 4.56. The van der Waals surface area contributed by atoms with E-state index in [0.717, 1.165) is 0 Å². The van der Waals surface area contributed by atoms with Crippen LogP contribution in [0.25, 0.3) is 0 Å². The van der Waals surface area contributed by atoms with E-state index < -0.39 is 5.97 Å². The zero-order chi connectivity index (χ0) is 16.1. The van der Waals surface area contributed by atoms with Gasteiger partial charge in [-0.2, -0.15) is 0 Å². The summed E-state index contributed by atoms with van der Waals surface area (Å²) in [4.78, 5) is 28.4. The van der Waals surface area contributed by atoms with Gasteiger partial charge >= 0.3 is 5.97 Å². The Hall–Kier alpha value is -2.99. The maximum atomic E-state index is 11.9. The predicted molar refractivity (Wildman–Crippen MR) is 87.9 cm³/mol. The van der Waals surface area contributed by atoms with Crippen LogP contribution in [0.5, 0.6) is 5.75 Å². The molecule has 1 amide bonds. The Morgan fingerprint density at radius 3 is 2.48 bits per heavy atom. The number of thiophene rings is 1. The van der Waals surface area contributed by atoms with E-state index in [9.17, 15) is 9.59 Å². The highest BCUT2D eigenvalue weighted by Gasteiger charge is 2.10. The number of carbonyl (C=O) groups is 2. The fraction of sp³-hybridized carbons (Fsp3) is 0.